The Labute approximate surface area is 120 Å². The van der Waals surface area contributed by atoms with Gasteiger partial charge >= 0.3 is 12.1 Å². The molecule has 0 saturated carbocycles. The van der Waals surface area contributed by atoms with E-state index in [1.165, 1.54) is 6.92 Å². The smallest absolute Gasteiger partial charge is 0.422 e. The highest BCUT2D eigenvalue weighted by Gasteiger charge is 2.30. The normalized spacial score (nSPS) is 12.6. The Morgan fingerprint density at radius 2 is 1.81 bits per heavy atom. The highest BCUT2D eigenvalue weighted by atomic mass is 19.4. The quantitative estimate of drug-likeness (QED) is 0.851. The van der Waals surface area contributed by atoms with Gasteiger partial charge in [0.05, 0.1) is 12.5 Å². The Bertz CT molecular complexity index is 497. The Kier molecular flexibility index (Phi) is 5.75. The fraction of sp³-hybridized carbons (Fsp3) is 0.429. The topological polar surface area (TPSA) is 55.4 Å². The first-order valence-electron chi connectivity index (χ1n) is 6.23. The van der Waals surface area contributed by atoms with Gasteiger partial charge in [-0.25, -0.2) is 0 Å². The highest BCUT2D eigenvalue weighted by Crippen LogP contribution is 2.20. The summed E-state index contributed by atoms with van der Waals surface area (Å²) in [6.45, 7) is 1.50. The molecule has 0 spiro atoms. The maximum Gasteiger partial charge on any atom is 0.422 e. The van der Waals surface area contributed by atoms with E-state index in [2.05, 4.69) is 10.1 Å². The Morgan fingerprint density at radius 1 is 1.24 bits per heavy atom. The van der Waals surface area contributed by atoms with Crippen molar-refractivity contribution in [2.45, 2.75) is 32.5 Å². The second-order valence-electron chi connectivity index (χ2n) is 4.64. The third kappa shape index (κ3) is 6.78. The molecule has 0 bridgehead atoms. The maximum absolute atomic E-state index is 12.0. The summed E-state index contributed by atoms with van der Waals surface area (Å²) < 4.78 is 40.1. The van der Waals surface area contributed by atoms with E-state index in [1.807, 2.05) is 6.92 Å². The number of nitrogens with one attached hydrogen (secondary N) is 1. The molecule has 4 nitrogen and oxygen atoms in total. The maximum atomic E-state index is 12.0. The molecule has 21 heavy (non-hydrogen) atoms. The number of alkyl halides is 3. The van der Waals surface area contributed by atoms with Gasteiger partial charge in [0.2, 0.25) is 5.91 Å². The molecule has 0 saturated heterocycles. The lowest BCUT2D eigenvalue weighted by Crippen LogP contribution is -2.29. The van der Waals surface area contributed by atoms with Gasteiger partial charge in [0.25, 0.3) is 0 Å². The number of rotatable bonds is 5. The first kappa shape index (κ1) is 17.0. The standard InChI is InChI=1S/C14H16F3NO3/c1-9-3-5-11(6-4-9)12(18-10(2)19)7-13(20)21-8-14(15,16)17/h3-6,12H,7-8H2,1-2H3,(H,18,19). The second-order valence-corrected chi connectivity index (χ2v) is 4.64. The first-order valence-corrected chi connectivity index (χ1v) is 6.23. The summed E-state index contributed by atoms with van der Waals surface area (Å²) >= 11 is 0. The molecular weight excluding hydrogens is 287 g/mol. The van der Waals surface area contributed by atoms with Crippen LogP contribution in [0.15, 0.2) is 24.3 Å². The molecule has 0 radical (unpaired) electrons. The van der Waals surface area contributed by atoms with Gasteiger partial charge in [-0.05, 0) is 12.5 Å². The van der Waals surface area contributed by atoms with Crippen LogP contribution in [0.4, 0.5) is 13.2 Å². The number of aryl methyl sites for hydroxylation is 1. The predicted molar refractivity (Wildman–Crippen MR) is 69.4 cm³/mol. The van der Waals surface area contributed by atoms with Crippen LogP contribution in [0.3, 0.4) is 0 Å². The zero-order valence-electron chi connectivity index (χ0n) is 11.7. The molecule has 0 fully saturated rings. The number of hydrogen-bond acceptors (Lipinski definition) is 3. The van der Waals surface area contributed by atoms with E-state index in [9.17, 15) is 22.8 Å². The predicted octanol–water partition coefficient (Wildman–Crippen LogP) is 2.67. The molecule has 1 unspecified atom stereocenters. The number of halogens is 3. The van der Waals surface area contributed by atoms with Gasteiger partial charge in [0.15, 0.2) is 6.61 Å². The number of amides is 1. The van der Waals surface area contributed by atoms with E-state index in [0.717, 1.165) is 5.56 Å². The van der Waals surface area contributed by atoms with Crippen molar-refractivity contribution in [2.75, 3.05) is 6.61 Å². The fourth-order valence-corrected chi connectivity index (χ4v) is 1.68. The Morgan fingerprint density at radius 3 is 2.29 bits per heavy atom. The zero-order chi connectivity index (χ0) is 16.0. The van der Waals surface area contributed by atoms with Crippen molar-refractivity contribution >= 4 is 11.9 Å². The number of carbonyl (C=O) groups excluding carboxylic acids is 2. The molecule has 1 amide bonds. The van der Waals surface area contributed by atoms with E-state index in [0.29, 0.717) is 5.56 Å². The number of carbonyl (C=O) groups is 2. The highest BCUT2D eigenvalue weighted by molar-refractivity contribution is 5.76. The van der Waals surface area contributed by atoms with Gasteiger partial charge < -0.3 is 10.1 Å². The van der Waals surface area contributed by atoms with Gasteiger partial charge in [0.1, 0.15) is 0 Å². The van der Waals surface area contributed by atoms with Crippen molar-refractivity contribution in [1.82, 2.24) is 5.32 Å². The summed E-state index contributed by atoms with van der Waals surface area (Å²) in [7, 11) is 0. The molecule has 0 aliphatic heterocycles. The van der Waals surface area contributed by atoms with E-state index in [-0.39, 0.29) is 12.3 Å². The minimum atomic E-state index is -4.57. The van der Waals surface area contributed by atoms with Gasteiger partial charge in [-0.15, -0.1) is 0 Å². The van der Waals surface area contributed by atoms with Crippen molar-refractivity contribution in [3.8, 4) is 0 Å². The minimum absolute atomic E-state index is 0.362. The van der Waals surface area contributed by atoms with Gasteiger partial charge in [-0.1, -0.05) is 29.8 Å². The molecule has 1 aromatic carbocycles. The summed E-state index contributed by atoms with van der Waals surface area (Å²) in [6.07, 6.45) is -4.93. The van der Waals surface area contributed by atoms with Crippen LogP contribution in [-0.2, 0) is 14.3 Å². The van der Waals surface area contributed by atoms with Crippen molar-refractivity contribution < 1.29 is 27.5 Å². The monoisotopic (exact) mass is 303 g/mol. The molecule has 1 N–H and O–H groups in total. The summed E-state index contributed by atoms with van der Waals surface area (Å²) in [4.78, 5) is 22.6. The van der Waals surface area contributed by atoms with Crippen LogP contribution in [0.2, 0.25) is 0 Å². The van der Waals surface area contributed by atoms with Gasteiger partial charge in [-0.3, -0.25) is 9.59 Å². The van der Waals surface area contributed by atoms with E-state index < -0.39 is 24.8 Å². The summed E-state index contributed by atoms with van der Waals surface area (Å²) in [5.74, 6) is -1.41. The average molecular weight is 303 g/mol. The first-order chi connectivity index (χ1) is 9.67. The van der Waals surface area contributed by atoms with Crippen LogP contribution in [0, 0.1) is 6.92 Å². The Hall–Kier alpha value is -2.05. The SMILES string of the molecule is CC(=O)NC(CC(=O)OCC(F)(F)F)c1ccc(C)cc1. The van der Waals surface area contributed by atoms with Crippen LogP contribution < -0.4 is 5.32 Å². The molecule has 116 valence electrons. The number of ether oxygens (including phenoxy) is 1. The summed E-state index contributed by atoms with van der Waals surface area (Å²) in [5, 5.41) is 2.52. The fourth-order valence-electron chi connectivity index (χ4n) is 1.68. The second kappa shape index (κ2) is 7.10. The molecule has 0 heterocycles. The number of hydrogen-bond donors (Lipinski definition) is 1. The van der Waals surface area contributed by atoms with Gasteiger partial charge in [-0.2, -0.15) is 13.2 Å². The van der Waals surface area contributed by atoms with E-state index in [4.69, 9.17) is 0 Å². The molecule has 1 atom stereocenters. The molecular formula is C14H16F3NO3. The van der Waals surface area contributed by atoms with Crippen LogP contribution in [0.25, 0.3) is 0 Å². The van der Waals surface area contributed by atoms with E-state index >= 15 is 0 Å². The van der Waals surface area contributed by atoms with Gasteiger partial charge in [0, 0.05) is 6.92 Å². The van der Waals surface area contributed by atoms with E-state index in [1.54, 1.807) is 24.3 Å². The van der Waals surface area contributed by atoms with Crippen molar-refractivity contribution in [1.29, 1.82) is 0 Å². The lowest BCUT2D eigenvalue weighted by Gasteiger charge is -2.18. The third-order valence-corrected chi connectivity index (χ3v) is 2.62. The molecule has 0 aliphatic carbocycles. The van der Waals surface area contributed by atoms with Crippen molar-refractivity contribution in [3.63, 3.8) is 0 Å². The van der Waals surface area contributed by atoms with Crippen LogP contribution in [-0.4, -0.2) is 24.7 Å². The molecule has 1 aromatic rings. The number of esters is 1. The van der Waals surface area contributed by atoms with Crippen LogP contribution in [0.1, 0.15) is 30.5 Å². The van der Waals surface area contributed by atoms with Crippen molar-refractivity contribution in [2.24, 2.45) is 0 Å². The largest absolute Gasteiger partial charge is 0.456 e. The lowest BCUT2D eigenvalue weighted by molar-refractivity contribution is -0.186. The lowest BCUT2D eigenvalue weighted by atomic mass is 10.0. The minimum Gasteiger partial charge on any atom is -0.456 e. The molecule has 0 aliphatic rings. The molecule has 1 rings (SSSR count). The van der Waals surface area contributed by atoms with Crippen LogP contribution in [0.5, 0.6) is 0 Å². The summed E-state index contributed by atoms with van der Waals surface area (Å²) in [6, 6.07) is 6.25. The summed E-state index contributed by atoms with van der Waals surface area (Å²) in [5.41, 5.74) is 1.61. The Balaban J connectivity index is 2.72. The number of benzene rings is 1. The molecule has 0 aromatic heterocycles. The van der Waals surface area contributed by atoms with Crippen LogP contribution >= 0.6 is 0 Å². The zero-order valence-corrected chi connectivity index (χ0v) is 11.7. The molecule has 7 heteroatoms. The van der Waals surface area contributed by atoms with Crippen molar-refractivity contribution in [3.05, 3.63) is 35.4 Å². The third-order valence-electron chi connectivity index (χ3n) is 2.62. The average Bonchev–Trinajstić information content (AvgIpc) is 2.35.